The summed E-state index contributed by atoms with van der Waals surface area (Å²) in [6, 6.07) is 17.6. The molecule has 108 valence electrons. The molecule has 2 aromatic carbocycles. The fourth-order valence-corrected chi connectivity index (χ4v) is 2.73. The summed E-state index contributed by atoms with van der Waals surface area (Å²) in [5.74, 6) is 0. The topological polar surface area (TPSA) is 24.5 Å². The lowest BCUT2D eigenvalue weighted by Crippen LogP contribution is -2.34. The highest BCUT2D eigenvalue weighted by Crippen LogP contribution is 2.28. The molecule has 0 saturated carbocycles. The van der Waals surface area contributed by atoms with Crippen molar-refractivity contribution >= 4 is 34.6 Å². The maximum atomic E-state index is 5.93. The number of halogens is 1. The van der Waals surface area contributed by atoms with Gasteiger partial charge < -0.3 is 15.0 Å². The molecule has 0 bridgehead atoms. The molecule has 1 atom stereocenters. The molecule has 0 aromatic heterocycles. The third kappa shape index (κ3) is 3.35. The van der Waals surface area contributed by atoms with Gasteiger partial charge in [-0.15, -0.1) is 0 Å². The van der Waals surface area contributed by atoms with Gasteiger partial charge in [-0.25, -0.2) is 0 Å². The van der Waals surface area contributed by atoms with Gasteiger partial charge >= 0.3 is 0 Å². The predicted molar refractivity (Wildman–Crippen MR) is 89.5 cm³/mol. The number of hydrogen-bond acceptors (Lipinski definition) is 2. The standard InChI is InChI=1S/C16H15ClN2OS/c17-13-8-6-12(7-9-13)15-19(10-11-20-15)16(21)18-14-4-2-1-3-5-14/h1-9,15H,10-11H2,(H,18,21)/t15-/m0/s1. The van der Waals surface area contributed by atoms with Crippen LogP contribution in [0.4, 0.5) is 5.69 Å². The van der Waals surface area contributed by atoms with Gasteiger partial charge in [0.2, 0.25) is 0 Å². The third-order valence-corrected chi connectivity index (χ3v) is 3.92. The summed E-state index contributed by atoms with van der Waals surface area (Å²) in [4.78, 5) is 2.05. The van der Waals surface area contributed by atoms with E-state index < -0.39 is 0 Å². The quantitative estimate of drug-likeness (QED) is 0.844. The Hall–Kier alpha value is -1.62. The summed E-state index contributed by atoms with van der Waals surface area (Å²) in [7, 11) is 0. The van der Waals surface area contributed by atoms with Crippen LogP contribution in [-0.2, 0) is 4.74 Å². The Morgan fingerprint density at radius 1 is 1.14 bits per heavy atom. The SMILES string of the molecule is S=C(Nc1ccccc1)N1CCO[C@H]1c1ccc(Cl)cc1. The van der Waals surface area contributed by atoms with Crippen molar-refractivity contribution in [2.45, 2.75) is 6.23 Å². The molecular weight excluding hydrogens is 304 g/mol. The smallest absolute Gasteiger partial charge is 0.175 e. The van der Waals surface area contributed by atoms with Crippen molar-refractivity contribution in [2.24, 2.45) is 0 Å². The first-order valence-electron chi connectivity index (χ1n) is 6.74. The number of nitrogens with zero attached hydrogens (tertiary/aromatic N) is 1. The molecule has 1 saturated heterocycles. The van der Waals surface area contributed by atoms with Crippen LogP contribution in [0.25, 0.3) is 0 Å². The lowest BCUT2D eigenvalue weighted by Gasteiger charge is -2.26. The summed E-state index contributed by atoms with van der Waals surface area (Å²) < 4.78 is 5.81. The van der Waals surface area contributed by atoms with Crippen molar-refractivity contribution < 1.29 is 4.74 Å². The van der Waals surface area contributed by atoms with E-state index in [1.54, 1.807) is 0 Å². The van der Waals surface area contributed by atoms with Crippen LogP contribution in [0, 0.1) is 0 Å². The van der Waals surface area contributed by atoms with Gasteiger partial charge in [-0.1, -0.05) is 41.9 Å². The first kappa shape index (κ1) is 14.3. The number of para-hydroxylation sites is 1. The number of anilines is 1. The van der Waals surface area contributed by atoms with Crippen molar-refractivity contribution in [3.8, 4) is 0 Å². The van der Waals surface area contributed by atoms with Crippen LogP contribution in [0.15, 0.2) is 54.6 Å². The van der Waals surface area contributed by atoms with Crippen LogP contribution >= 0.6 is 23.8 Å². The van der Waals surface area contributed by atoms with Crippen molar-refractivity contribution in [3.05, 3.63) is 65.2 Å². The van der Waals surface area contributed by atoms with E-state index in [4.69, 9.17) is 28.6 Å². The van der Waals surface area contributed by atoms with Gasteiger partial charge in [-0.05, 0) is 36.5 Å². The van der Waals surface area contributed by atoms with E-state index in [2.05, 4.69) is 5.32 Å². The van der Waals surface area contributed by atoms with Crippen molar-refractivity contribution in [1.29, 1.82) is 0 Å². The Morgan fingerprint density at radius 2 is 1.86 bits per heavy atom. The van der Waals surface area contributed by atoms with E-state index in [9.17, 15) is 0 Å². The molecule has 0 amide bonds. The average molecular weight is 319 g/mol. The zero-order chi connectivity index (χ0) is 14.7. The van der Waals surface area contributed by atoms with Crippen molar-refractivity contribution in [1.82, 2.24) is 4.90 Å². The molecule has 5 heteroatoms. The molecule has 21 heavy (non-hydrogen) atoms. The Balaban J connectivity index is 1.74. The number of nitrogens with one attached hydrogen (secondary N) is 1. The first-order valence-corrected chi connectivity index (χ1v) is 7.52. The summed E-state index contributed by atoms with van der Waals surface area (Å²) >= 11 is 11.4. The monoisotopic (exact) mass is 318 g/mol. The van der Waals surface area contributed by atoms with Crippen LogP contribution in [0.1, 0.15) is 11.8 Å². The highest BCUT2D eigenvalue weighted by molar-refractivity contribution is 7.80. The number of hydrogen-bond donors (Lipinski definition) is 1. The lowest BCUT2D eigenvalue weighted by atomic mass is 10.2. The second-order valence-electron chi connectivity index (χ2n) is 4.76. The molecule has 3 nitrogen and oxygen atoms in total. The molecule has 0 aliphatic carbocycles. The van der Waals surface area contributed by atoms with Crippen molar-refractivity contribution in [3.63, 3.8) is 0 Å². The van der Waals surface area contributed by atoms with E-state index in [0.717, 1.165) is 17.8 Å². The molecule has 1 heterocycles. The van der Waals surface area contributed by atoms with Gasteiger partial charge in [0.05, 0.1) is 6.61 Å². The van der Waals surface area contributed by atoms with Gasteiger partial charge in [-0.3, -0.25) is 0 Å². The molecule has 1 aliphatic heterocycles. The maximum Gasteiger partial charge on any atom is 0.175 e. The fraction of sp³-hybridized carbons (Fsp3) is 0.188. The van der Waals surface area contributed by atoms with E-state index in [1.165, 1.54) is 0 Å². The van der Waals surface area contributed by atoms with E-state index in [1.807, 2.05) is 59.5 Å². The van der Waals surface area contributed by atoms with Crippen LogP contribution in [-0.4, -0.2) is 23.2 Å². The van der Waals surface area contributed by atoms with E-state index in [-0.39, 0.29) is 6.23 Å². The summed E-state index contributed by atoms with van der Waals surface area (Å²) in [6.45, 7) is 1.43. The largest absolute Gasteiger partial charge is 0.352 e. The third-order valence-electron chi connectivity index (χ3n) is 3.33. The van der Waals surface area contributed by atoms with E-state index in [0.29, 0.717) is 16.7 Å². The second-order valence-corrected chi connectivity index (χ2v) is 5.59. The second kappa shape index (κ2) is 6.43. The van der Waals surface area contributed by atoms with Gasteiger partial charge in [-0.2, -0.15) is 0 Å². The van der Waals surface area contributed by atoms with Crippen LogP contribution in [0.5, 0.6) is 0 Å². The Bertz CT molecular complexity index is 618. The molecule has 1 fully saturated rings. The van der Waals surface area contributed by atoms with E-state index >= 15 is 0 Å². The predicted octanol–water partition coefficient (Wildman–Crippen LogP) is 4.07. The summed E-state index contributed by atoms with van der Waals surface area (Å²) in [6.07, 6.45) is -0.161. The molecular formula is C16H15ClN2OS. The maximum absolute atomic E-state index is 5.93. The summed E-state index contributed by atoms with van der Waals surface area (Å²) in [5.41, 5.74) is 2.03. The number of thiocarbonyl (C=S) groups is 1. The number of ether oxygens (including phenoxy) is 1. The Labute approximate surface area is 134 Å². The van der Waals surface area contributed by atoms with Gasteiger partial charge in [0.25, 0.3) is 0 Å². The molecule has 0 unspecified atom stereocenters. The van der Waals surface area contributed by atoms with Gasteiger partial charge in [0.1, 0.15) is 0 Å². The number of benzene rings is 2. The lowest BCUT2D eigenvalue weighted by molar-refractivity contribution is 0.0642. The molecule has 0 radical (unpaired) electrons. The minimum Gasteiger partial charge on any atom is -0.352 e. The van der Waals surface area contributed by atoms with Gasteiger partial charge in [0, 0.05) is 22.8 Å². The minimum atomic E-state index is -0.161. The van der Waals surface area contributed by atoms with Crippen molar-refractivity contribution in [2.75, 3.05) is 18.5 Å². The minimum absolute atomic E-state index is 0.161. The van der Waals surface area contributed by atoms with Crippen LogP contribution in [0.3, 0.4) is 0 Å². The Morgan fingerprint density at radius 3 is 2.57 bits per heavy atom. The normalized spacial score (nSPS) is 17.8. The summed E-state index contributed by atoms with van der Waals surface area (Å²) in [5, 5.41) is 4.63. The molecule has 3 rings (SSSR count). The zero-order valence-corrected chi connectivity index (χ0v) is 12.9. The first-order chi connectivity index (χ1) is 10.2. The average Bonchev–Trinajstić information content (AvgIpc) is 2.98. The molecule has 2 aromatic rings. The fourth-order valence-electron chi connectivity index (χ4n) is 2.30. The molecule has 1 aliphatic rings. The highest BCUT2D eigenvalue weighted by atomic mass is 35.5. The van der Waals surface area contributed by atoms with Crippen LogP contribution < -0.4 is 5.32 Å². The zero-order valence-electron chi connectivity index (χ0n) is 11.3. The van der Waals surface area contributed by atoms with Gasteiger partial charge in [0.15, 0.2) is 11.3 Å². The Kier molecular flexibility index (Phi) is 4.39. The number of rotatable bonds is 2. The van der Waals surface area contributed by atoms with Crippen LogP contribution in [0.2, 0.25) is 5.02 Å². The molecule has 0 spiro atoms. The molecule has 1 N–H and O–H groups in total. The highest BCUT2D eigenvalue weighted by Gasteiger charge is 2.28.